The molecule has 0 saturated carbocycles. The van der Waals surface area contributed by atoms with Crippen molar-refractivity contribution >= 4 is 11.3 Å². The summed E-state index contributed by atoms with van der Waals surface area (Å²) in [5, 5.41) is 3.09. The number of hydrogen-bond acceptors (Lipinski definition) is 5. The number of hydrogen-bond donors (Lipinski definition) is 1. The number of aryl methyl sites for hydroxylation is 2. The van der Waals surface area contributed by atoms with Crippen molar-refractivity contribution in [3.8, 4) is 0 Å². The van der Waals surface area contributed by atoms with Crippen molar-refractivity contribution in [1.82, 2.24) is 15.0 Å². The van der Waals surface area contributed by atoms with E-state index in [2.05, 4.69) is 15.0 Å². The Kier molecular flexibility index (Phi) is 3.26. The fraction of sp³-hybridized carbons (Fsp3) is 0.364. The smallest absolute Gasteiger partial charge is 0.125 e. The van der Waals surface area contributed by atoms with Gasteiger partial charge in [-0.05, 0) is 19.9 Å². The lowest BCUT2D eigenvalue weighted by Gasteiger charge is -2.09. The molecule has 5 heteroatoms. The predicted molar refractivity (Wildman–Crippen MR) is 64.3 cm³/mol. The van der Waals surface area contributed by atoms with Crippen molar-refractivity contribution < 1.29 is 0 Å². The maximum absolute atomic E-state index is 6.08. The lowest BCUT2D eigenvalue weighted by molar-refractivity contribution is 0.684. The summed E-state index contributed by atoms with van der Waals surface area (Å²) in [7, 11) is 0. The van der Waals surface area contributed by atoms with Gasteiger partial charge >= 0.3 is 0 Å². The standard InChI is InChI=1S/C11H14N4S/c1-7-6-16-11(14-7)5-9(12)10-3-4-13-8(2)15-10/h3-4,6,9H,5,12H2,1-2H3. The monoisotopic (exact) mass is 234 g/mol. The number of nitrogens with two attached hydrogens (primary N) is 1. The topological polar surface area (TPSA) is 64.7 Å². The maximum atomic E-state index is 6.08. The third kappa shape index (κ3) is 2.62. The van der Waals surface area contributed by atoms with Crippen molar-refractivity contribution in [2.75, 3.05) is 0 Å². The Morgan fingerprint density at radius 2 is 2.19 bits per heavy atom. The zero-order chi connectivity index (χ0) is 11.5. The van der Waals surface area contributed by atoms with E-state index >= 15 is 0 Å². The highest BCUT2D eigenvalue weighted by molar-refractivity contribution is 7.09. The summed E-state index contributed by atoms with van der Waals surface area (Å²) in [6, 6.07) is 1.75. The van der Waals surface area contributed by atoms with Crippen LogP contribution in [0.1, 0.15) is 28.3 Å². The average molecular weight is 234 g/mol. The van der Waals surface area contributed by atoms with Gasteiger partial charge in [-0.1, -0.05) is 0 Å². The van der Waals surface area contributed by atoms with Gasteiger partial charge in [0.1, 0.15) is 5.82 Å². The van der Waals surface area contributed by atoms with Gasteiger partial charge in [-0.3, -0.25) is 0 Å². The highest BCUT2D eigenvalue weighted by atomic mass is 32.1. The van der Waals surface area contributed by atoms with Gasteiger partial charge in [0.25, 0.3) is 0 Å². The largest absolute Gasteiger partial charge is 0.322 e. The van der Waals surface area contributed by atoms with Crippen LogP contribution in [0.5, 0.6) is 0 Å². The molecule has 16 heavy (non-hydrogen) atoms. The number of thiazole rings is 1. The molecule has 0 aliphatic heterocycles. The zero-order valence-corrected chi connectivity index (χ0v) is 10.2. The van der Waals surface area contributed by atoms with Crippen LogP contribution in [0, 0.1) is 13.8 Å². The molecule has 2 heterocycles. The number of nitrogens with zero attached hydrogens (tertiary/aromatic N) is 3. The highest BCUT2D eigenvalue weighted by Crippen LogP contribution is 2.17. The summed E-state index contributed by atoms with van der Waals surface area (Å²) in [6.07, 6.45) is 2.47. The van der Waals surface area contributed by atoms with E-state index in [9.17, 15) is 0 Å². The first-order chi connectivity index (χ1) is 7.65. The number of rotatable bonds is 3. The Labute approximate surface area is 98.6 Å². The van der Waals surface area contributed by atoms with Crippen molar-refractivity contribution in [3.05, 3.63) is 39.9 Å². The van der Waals surface area contributed by atoms with Gasteiger partial charge in [0, 0.05) is 23.7 Å². The summed E-state index contributed by atoms with van der Waals surface area (Å²) in [4.78, 5) is 12.8. The highest BCUT2D eigenvalue weighted by Gasteiger charge is 2.11. The lowest BCUT2D eigenvalue weighted by atomic mass is 10.1. The summed E-state index contributed by atoms with van der Waals surface area (Å²) in [5.74, 6) is 0.753. The maximum Gasteiger partial charge on any atom is 0.125 e. The van der Waals surface area contributed by atoms with E-state index in [1.54, 1.807) is 17.5 Å². The first-order valence-electron chi connectivity index (χ1n) is 5.11. The van der Waals surface area contributed by atoms with Gasteiger partial charge in [0.15, 0.2) is 0 Å². The average Bonchev–Trinajstić information content (AvgIpc) is 2.64. The molecule has 84 valence electrons. The minimum atomic E-state index is -0.104. The molecular weight excluding hydrogens is 220 g/mol. The van der Waals surface area contributed by atoms with E-state index in [-0.39, 0.29) is 6.04 Å². The molecule has 0 amide bonds. The summed E-state index contributed by atoms with van der Waals surface area (Å²) >= 11 is 1.64. The van der Waals surface area contributed by atoms with Crippen molar-refractivity contribution in [1.29, 1.82) is 0 Å². The second kappa shape index (κ2) is 4.67. The SMILES string of the molecule is Cc1csc(CC(N)c2ccnc(C)n2)n1. The first-order valence-corrected chi connectivity index (χ1v) is 5.99. The summed E-state index contributed by atoms with van der Waals surface area (Å²) in [5.41, 5.74) is 8.00. The molecule has 4 nitrogen and oxygen atoms in total. The van der Waals surface area contributed by atoms with Gasteiger partial charge in [-0.25, -0.2) is 15.0 Å². The van der Waals surface area contributed by atoms with Crippen LogP contribution in [0.3, 0.4) is 0 Å². The summed E-state index contributed by atoms with van der Waals surface area (Å²) in [6.45, 7) is 3.85. The molecule has 2 rings (SSSR count). The van der Waals surface area contributed by atoms with Crippen molar-refractivity contribution in [3.63, 3.8) is 0 Å². The van der Waals surface area contributed by atoms with Crippen LogP contribution < -0.4 is 5.73 Å². The molecule has 0 spiro atoms. The minimum Gasteiger partial charge on any atom is -0.322 e. The molecule has 0 aliphatic carbocycles. The second-order valence-electron chi connectivity index (χ2n) is 3.72. The van der Waals surface area contributed by atoms with Crippen LogP contribution in [0.25, 0.3) is 0 Å². The Morgan fingerprint density at radius 3 is 2.81 bits per heavy atom. The van der Waals surface area contributed by atoms with E-state index in [1.165, 1.54) is 0 Å². The normalized spacial score (nSPS) is 12.7. The third-order valence-electron chi connectivity index (χ3n) is 2.24. The van der Waals surface area contributed by atoms with Gasteiger partial charge in [-0.2, -0.15) is 0 Å². The summed E-state index contributed by atoms with van der Waals surface area (Å²) < 4.78 is 0. The molecule has 0 fully saturated rings. The van der Waals surface area contributed by atoms with E-state index in [0.29, 0.717) is 0 Å². The number of aromatic nitrogens is 3. The fourth-order valence-corrected chi connectivity index (χ4v) is 2.30. The van der Waals surface area contributed by atoms with Gasteiger partial charge < -0.3 is 5.73 Å². The fourth-order valence-electron chi connectivity index (χ4n) is 1.47. The van der Waals surface area contributed by atoms with Gasteiger partial charge in [0.05, 0.1) is 16.7 Å². The Balaban J connectivity index is 2.11. The molecule has 0 aliphatic rings. The molecule has 1 atom stereocenters. The molecule has 0 bridgehead atoms. The molecule has 2 N–H and O–H groups in total. The van der Waals surface area contributed by atoms with E-state index in [1.807, 2.05) is 25.3 Å². The molecule has 2 aromatic rings. The van der Waals surface area contributed by atoms with Crippen molar-refractivity contribution in [2.24, 2.45) is 5.73 Å². The third-order valence-corrected chi connectivity index (χ3v) is 3.23. The predicted octanol–water partition coefficient (Wildman–Crippen LogP) is 1.79. The van der Waals surface area contributed by atoms with Gasteiger partial charge in [0.2, 0.25) is 0 Å². The Bertz CT molecular complexity index is 480. The molecule has 1 unspecified atom stereocenters. The van der Waals surface area contributed by atoms with Crippen LogP contribution >= 0.6 is 11.3 Å². The lowest BCUT2D eigenvalue weighted by Crippen LogP contribution is -2.15. The van der Waals surface area contributed by atoms with Crippen LogP contribution in [0.4, 0.5) is 0 Å². The van der Waals surface area contributed by atoms with E-state index in [0.717, 1.165) is 28.6 Å². The Morgan fingerprint density at radius 1 is 1.38 bits per heavy atom. The molecule has 0 aromatic carbocycles. The minimum absolute atomic E-state index is 0.104. The van der Waals surface area contributed by atoms with E-state index < -0.39 is 0 Å². The van der Waals surface area contributed by atoms with Crippen molar-refractivity contribution in [2.45, 2.75) is 26.3 Å². The zero-order valence-electron chi connectivity index (χ0n) is 9.34. The van der Waals surface area contributed by atoms with Crippen LogP contribution in [0.15, 0.2) is 17.6 Å². The van der Waals surface area contributed by atoms with Crippen LogP contribution in [-0.4, -0.2) is 15.0 Å². The first kappa shape index (κ1) is 11.2. The quantitative estimate of drug-likeness (QED) is 0.879. The molecule has 2 aromatic heterocycles. The van der Waals surface area contributed by atoms with E-state index in [4.69, 9.17) is 5.73 Å². The molecular formula is C11H14N4S. The molecule has 0 radical (unpaired) electrons. The molecule has 0 saturated heterocycles. The van der Waals surface area contributed by atoms with Crippen LogP contribution in [0.2, 0.25) is 0 Å². The Hall–Kier alpha value is -1.33. The van der Waals surface area contributed by atoms with Gasteiger partial charge in [-0.15, -0.1) is 11.3 Å². The second-order valence-corrected chi connectivity index (χ2v) is 4.66. The van der Waals surface area contributed by atoms with Crippen LogP contribution in [-0.2, 0) is 6.42 Å².